The van der Waals surface area contributed by atoms with E-state index in [0.29, 0.717) is 5.56 Å². The molecule has 13 heteroatoms. The number of rotatable bonds is 5. The second-order valence-electron chi connectivity index (χ2n) is 6.88. The SMILES string of the molecule is CCS(=O)(=O)c1cc(-c2ncccn2)cnc1-c1nnc(-c2cc(C(F)(F)F)ccn2)n1C. The summed E-state index contributed by atoms with van der Waals surface area (Å²) in [4.78, 5) is 16.3. The Labute approximate surface area is 186 Å². The first-order valence-electron chi connectivity index (χ1n) is 9.55. The summed E-state index contributed by atoms with van der Waals surface area (Å²) in [6.07, 6.45) is 0.892. The number of pyridine rings is 2. The Balaban J connectivity index is 1.86. The van der Waals surface area contributed by atoms with Crippen molar-refractivity contribution in [2.75, 3.05) is 5.75 Å². The average Bonchev–Trinajstić information content (AvgIpc) is 3.20. The first-order chi connectivity index (χ1) is 15.6. The summed E-state index contributed by atoms with van der Waals surface area (Å²) in [6, 6.07) is 4.71. The molecule has 0 saturated carbocycles. The van der Waals surface area contributed by atoms with Crippen LogP contribution in [-0.2, 0) is 23.1 Å². The number of hydrogen-bond acceptors (Lipinski definition) is 8. The van der Waals surface area contributed by atoms with Gasteiger partial charge in [0.15, 0.2) is 27.3 Å². The number of alkyl halides is 3. The van der Waals surface area contributed by atoms with E-state index in [4.69, 9.17) is 0 Å². The van der Waals surface area contributed by atoms with E-state index in [1.165, 1.54) is 43.2 Å². The van der Waals surface area contributed by atoms with Crippen molar-refractivity contribution >= 4 is 9.84 Å². The predicted molar refractivity (Wildman–Crippen MR) is 111 cm³/mol. The highest BCUT2D eigenvalue weighted by atomic mass is 32.2. The summed E-state index contributed by atoms with van der Waals surface area (Å²) in [5.74, 6) is 0.154. The van der Waals surface area contributed by atoms with E-state index in [0.717, 1.165) is 18.3 Å². The first kappa shape index (κ1) is 22.5. The molecule has 0 spiro atoms. The van der Waals surface area contributed by atoms with Crippen LogP contribution >= 0.6 is 0 Å². The Morgan fingerprint density at radius 2 is 1.67 bits per heavy atom. The van der Waals surface area contributed by atoms with Crippen molar-refractivity contribution in [3.63, 3.8) is 0 Å². The molecule has 4 rings (SSSR count). The molecule has 0 aliphatic carbocycles. The van der Waals surface area contributed by atoms with Gasteiger partial charge in [-0.15, -0.1) is 10.2 Å². The Bertz CT molecular complexity index is 1420. The van der Waals surface area contributed by atoms with Crippen LogP contribution in [0.3, 0.4) is 0 Å². The minimum atomic E-state index is -4.56. The van der Waals surface area contributed by atoms with Gasteiger partial charge in [0.2, 0.25) is 0 Å². The van der Waals surface area contributed by atoms with Gasteiger partial charge >= 0.3 is 6.18 Å². The van der Waals surface area contributed by atoms with Crippen LogP contribution in [0, 0.1) is 0 Å². The van der Waals surface area contributed by atoms with E-state index in [1.807, 2.05) is 0 Å². The first-order valence-corrected chi connectivity index (χ1v) is 11.2. The van der Waals surface area contributed by atoms with Gasteiger partial charge in [0, 0.05) is 37.4 Å². The molecule has 170 valence electrons. The fraction of sp³-hybridized carbons (Fsp3) is 0.200. The molecule has 0 aromatic carbocycles. The maximum atomic E-state index is 13.1. The highest BCUT2D eigenvalue weighted by Crippen LogP contribution is 2.33. The van der Waals surface area contributed by atoms with Crippen LogP contribution in [0.5, 0.6) is 0 Å². The largest absolute Gasteiger partial charge is 0.416 e. The van der Waals surface area contributed by atoms with E-state index >= 15 is 0 Å². The Kier molecular flexibility index (Phi) is 5.66. The number of halogens is 3. The van der Waals surface area contributed by atoms with E-state index in [9.17, 15) is 21.6 Å². The summed E-state index contributed by atoms with van der Waals surface area (Å²) < 4.78 is 66.3. The Morgan fingerprint density at radius 3 is 2.33 bits per heavy atom. The van der Waals surface area contributed by atoms with Crippen LogP contribution in [0.1, 0.15) is 12.5 Å². The number of sulfone groups is 1. The van der Waals surface area contributed by atoms with Crippen LogP contribution in [0.15, 0.2) is 53.9 Å². The standard InChI is InChI=1S/C20H16F3N7O2S/c1-3-33(31,32)15-9-12(17-25-6-4-7-26-17)11-27-16(15)19-29-28-18(30(19)2)14-10-13(5-8-24-14)20(21,22)23/h4-11H,3H2,1-2H3. The van der Waals surface area contributed by atoms with E-state index < -0.39 is 21.6 Å². The minimum absolute atomic E-state index is 0.00440. The summed E-state index contributed by atoms with van der Waals surface area (Å²) in [7, 11) is -2.28. The Morgan fingerprint density at radius 1 is 0.970 bits per heavy atom. The molecular weight excluding hydrogens is 459 g/mol. The fourth-order valence-electron chi connectivity index (χ4n) is 3.06. The molecule has 0 saturated heterocycles. The summed E-state index contributed by atoms with van der Waals surface area (Å²) in [6.45, 7) is 1.49. The third-order valence-corrected chi connectivity index (χ3v) is 6.54. The van der Waals surface area contributed by atoms with Gasteiger partial charge in [-0.25, -0.2) is 18.4 Å². The lowest BCUT2D eigenvalue weighted by Crippen LogP contribution is -2.10. The van der Waals surface area contributed by atoms with Gasteiger partial charge in [0.1, 0.15) is 11.4 Å². The minimum Gasteiger partial charge on any atom is -0.307 e. The fourth-order valence-corrected chi connectivity index (χ4v) is 4.12. The topological polar surface area (TPSA) is 116 Å². The lowest BCUT2D eigenvalue weighted by Gasteiger charge is -2.11. The van der Waals surface area contributed by atoms with Crippen molar-refractivity contribution < 1.29 is 21.6 Å². The zero-order chi connectivity index (χ0) is 23.8. The monoisotopic (exact) mass is 475 g/mol. The average molecular weight is 475 g/mol. The van der Waals surface area contributed by atoms with Crippen molar-refractivity contribution in [3.05, 3.63) is 54.6 Å². The molecule has 0 aliphatic rings. The van der Waals surface area contributed by atoms with E-state index in [1.54, 1.807) is 6.07 Å². The summed E-state index contributed by atoms with van der Waals surface area (Å²) in [5.41, 5.74) is -0.574. The van der Waals surface area contributed by atoms with Gasteiger partial charge in [-0.05, 0) is 24.3 Å². The van der Waals surface area contributed by atoms with Crippen LogP contribution in [0.4, 0.5) is 13.2 Å². The maximum Gasteiger partial charge on any atom is 0.416 e. The van der Waals surface area contributed by atoms with Gasteiger partial charge in [0.25, 0.3) is 0 Å². The number of hydrogen-bond donors (Lipinski definition) is 0. The van der Waals surface area contributed by atoms with Crippen LogP contribution in [0.25, 0.3) is 34.4 Å². The molecule has 4 aromatic heterocycles. The van der Waals surface area contributed by atoms with Gasteiger partial charge < -0.3 is 4.57 Å². The molecule has 0 unspecified atom stereocenters. The van der Waals surface area contributed by atoms with Gasteiger partial charge in [-0.1, -0.05) is 6.92 Å². The highest BCUT2D eigenvalue weighted by molar-refractivity contribution is 7.91. The van der Waals surface area contributed by atoms with Crippen molar-refractivity contribution in [3.8, 4) is 34.4 Å². The molecular formula is C20H16F3N7O2S. The van der Waals surface area contributed by atoms with Crippen molar-refractivity contribution in [2.24, 2.45) is 7.05 Å². The molecule has 0 bridgehead atoms. The van der Waals surface area contributed by atoms with Gasteiger partial charge in [0.05, 0.1) is 16.2 Å². The lowest BCUT2D eigenvalue weighted by atomic mass is 10.2. The summed E-state index contributed by atoms with van der Waals surface area (Å²) >= 11 is 0. The van der Waals surface area contributed by atoms with Crippen LogP contribution in [0.2, 0.25) is 0 Å². The van der Waals surface area contributed by atoms with Gasteiger partial charge in [-0.2, -0.15) is 13.2 Å². The smallest absolute Gasteiger partial charge is 0.307 e. The highest BCUT2D eigenvalue weighted by Gasteiger charge is 2.31. The molecule has 0 atom stereocenters. The molecule has 0 N–H and O–H groups in total. The Hall–Kier alpha value is -3.74. The van der Waals surface area contributed by atoms with Crippen LogP contribution in [-0.4, -0.2) is 48.9 Å². The third-order valence-electron chi connectivity index (χ3n) is 4.79. The van der Waals surface area contributed by atoms with Gasteiger partial charge in [-0.3, -0.25) is 9.97 Å². The molecule has 0 aliphatic heterocycles. The molecule has 33 heavy (non-hydrogen) atoms. The second-order valence-corrected chi connectivity index (χ2v) is 9.13. The number of nitrogens with zero attached hydrogens (tertiary/aromatic N) is 7. The molecule has 0 amide bonds. The molecule has 4 heterocycles. The molecule has 4 aromatic rings. The molecule has 0 fully saturated rings. The third kappa shape index (κ3) is 4.31. The van der Waals surface area contributed by atoms with Crippen LogP contribution < -0.4 is 0 Å². The quantitative estimate of drug-likeness (QED) is 0.432. The predicted octanol–water partition coefficient (Wildman–Crippen LogP) is 3.21. The summed E-state index contributed by atoms with van der Waals surface area (Å²) in [5, 5.41) is 7.94. The zero-order valence-electron chi connectivity index (χ0n) is 17.3. The zero-order valence-corrected chi connectivity index (χ0v) is 18.1. The maximum absolute atomic E-state index is 13.1. The van der Waals surface area contributed by atoms with E-state index in [2.05, 4.69) is 30.1 Å². The van der Waals surface area contributed by atoms with Crippen molar-refractivity contribution in [1.29, 1.82) is 0 Å². The second kappa shape index (κ2) is 8.31. The van der Waals surface area contributed by atoms with Crippen molar-refractivity contribution in [2.45, 2.75) is 18.0 Å². The number of aromatic nitrogens is 7. The molecule has 0 radical (unpaired) electrons. The lowest BCUT2D eigenvalue weighted by molar-refractivity contribution is -0.137. The molecule has 9 nitrogen and oxygen atoms in total. The van der Waals surface area contributed by atoms with Crippen molar-refractivity contribution in [1.82, 2.24) is 34.7 Å². The van der Waals surface area contributed by atoms with E-state index in [-0.39, 0.29) is 39.5 Å². The normalized spacial score (nSPS) is 12.2.